The van der Waals surface area contributed by atoms with Crippen molar-refractivity contribution in [1.82, 2.24) is 9.61 Å². The normalized spacial score (nSPS) is 10.9. The van der Waals surface area contributed by atoms with Gasteiger partial charge in [0.1, 0.15) is 0 Å². The highest BCUT2D eigenvalue weighted by atomic mass is 16.2. The minimum absolute atomic E-state index is 0.0751. The number of nitrogens with two attached hydrogens (primary N) is 1. The number of pyridine rings is 1. The molecule has 0 unspecified atom stereocenters. The summed E-state index contributed by atoms with van der Waals surface area (Å²) >= 11 is 0. The number of anilines is 1. The van der Waals surface area contributed by atoms with Gasteiger partial charge in [-0.05, 0) is 53.9 Å². The molecule has 0 aliphatic carbocycles. The summed E-state index contributed by atoms with van der Waals surface area (Å²) in [5.74, 6) is -0.537. The molecule has 150 valence electrons. The Morgan fingerprint density at radius 3 is 2.30 bits per heavy atom. The smallest absolute Gasteiger partial charge is 0.258 e. The lowest BCUT2D eigenvalue weighted by Gasteiger charge is -2.18. The molecule has 4 rings (SSSR count). The van der Waals surface area contributed by atoms with E-state index in [-0.39, 0.29) is 5.91 Å². The van der Waals surface area contributed by atoms with Crippen molar-refractivity contribution < 1.29 is 9.59 Å². The molecule has 6 nitrogen and oxygen atoms in total. The Bertz CT molecular complexity index is 1220. The van der Waals surface area contributed by atoms with Crippen LogP contribution >= 0.6 is 0 Å². The van der Waals surface area contributed by atoms with Gasteiger partial charge in [-0.1, -0.05) is 31.2 Å². The molecule has 0 spiro atoms. The fraction of sp³-hybridized carbons (Fsp3) is 0.125. The Labute approximate surface area is 174 Å². The van der Waals surface area contributed by atoms with Gasteiger partial charge in [0.2, 0.25) is 5.91 Å². The number of fused-ring (bicyclic) bond motifs is 1. The number of carbonyl (C=O) groups excluding carboxylic acids is 2. The van der Waals surface area contributed by atoms with E-state index in [1.807, 2.05) is 54.7 Å². The van der Waals surface area contributed by atoms with Gasteiger partial charge in [-0.3, -0.25) is 9.59 Å². The lowest BCUT2D eigenvalue weighted by atomic mass is 10.0. The summed E-state index contributed by atoms with van der Waals surface area (Å²) < 4.78 is 1.76. The van der Waals surface area contributed by atoms with E-state index in [9.17, 15) is 9.59 Å². The summed E-state index contributed by atoms with van der Waals surface area (Å²) in [6, 6.07) is 18.6. The van der Waals surface area contributed by atoms with Crippen LogP contribution in [0.1, 0.15) is 33.2 Å². The van der Waals surface area contributed by atoms with E-state index in [1.54, 1.807) is 34.8 Å². The first-order chi connectivity index (χ1) is 14.5. The topological polar surface area (TPSA) is 80.7 Å². The summed E-state index contributed by atoms with van der Waals surface area (Å²) in [6.45, 7) is 2.09. The molecule has 0 saturated heterocycles. The van der Waals surface area contributed by atoms with Crippen LogP contribution in [0.4, 0.5) is 5.69 Å². The van der Waals surface area contributed by atoms with Crippen LogP contribution in [0.5, 0.6) is 0 Å². The Morgan fingerprint density at radius 2 is 1.67 bits per heavy atom. The molecule has 2 aromatic heterocycles. The quantitative estimate of drug-likeness (QED) is 0.553. The number of amides is 2. The van der Waals surface area contributed by atoms with Gasteiger partial charge < -0.3 is 10.6 Å². The maximum absolute atomic E-state index is 12.9. The maximum atomic E-state index is 12.9. The second kappa shape index (κ2) is 7.83. The minimum atomic E-state index is -0.462. The molecule has 6 heteroatoms. The van der Waals surface area contributed by atoms with E-state index in [0.717, 1.165) is 28.8 Å². The average Bonchev–Trinajstić information content (AvgIpc) is 3.21. The number of benzene rings is 2. The van der Waals surface area contributed by atoms with Gasteiger partial charge in [0, 0.05) is 35.6 Å². The predicted molar refractivity (Wildman–Crippen MR) is 118 cm³/mol. The molecule has 2 N–H and O–H groups in total. The Balaban J connectivity index is 1.67. The zero-order chi connectivity index (χ0) is 21.3. The highest BCUT2D eigenvalue weighted by molar-refractivity contribution is 6.06. The third-order valence-electron chi connectivity index (χ3n) is 5.29. The molecule has 2 heterocycles. The number of nitrogens with zero attached hydrogens (tertiary/aromatic N) is 3. The second-order valence-corrected chi connectivity index (χ2v) is 7.13. The fourth-order valence-corrected chi connectivity index (χ4v) is 3.41. The number of carbonyl (C=O) groups is 2. The van der Waals surface area contributed by atoms with Crippen molar-refractivity contribution in [2.75, 3.05) is 11.9 Å². The van der Waals surface area contributed by atoms with Gasteiger partial charge in [0.05, 0.1) is 11.7 Å². The monoisotopic (exact) mass is 398 g/mol. The maximum Gasteiger partial charge on any atom is 0.258 e. The van der Waals surface area contributed by atoms with Crippen molar-refractivity contribution >= 4 is 23.0 Å². The molecule has 0 radical (unpaired) electrons. The molecular weight excluding hydrogens is 376 g/mol. The zero-order valence-corrected chi connectivity index (χ0v) is 16.9. The molecule has 0 aliphatic rings. The standard InChI is InChI=1S/C24H22N4O2/c1-3-16-4-6-19(7-5-16)24(30)27(2)20-12-13-28-22(14-20)21(15-26-28)17-8-10-18(11-9-17)23(25)29/h4-15H,3H2,1-2H3,(H2,25,29). The summed E-state index contributed by atoms with van der Waals surface area (Å²) in [7, 11) is 1.76. The van der Waals surface area contributed by atoms with Crippen LogP contribution in [-0.4, -0.2) is 28.5 Å². The number of hydrogen-bond donors (Lipinski definition) is 1. The van der Waals surface area contributed by atoms with Crippen LogP contribution in [0.2, 0.25) is 0 Å². The van der Waals surface area contributed by atoms with Crippen molar-refractivity contribution in [3.05, 3.63) is 89.7 Å². The van der Waals surface area contributed by atoms with Crippen LogP contribution in [0.3, 0.4) is 0 Å². The first-order valence-electron chi connectivity index (χ1n) is 9.72. The molecule has 2 aromatic carbocycles. The summed E-state index contributed by atoms with van der Waals surface area (Å²) in [6.07, 6.45) is 4.53. The van der Waals surface area contributed by atoms with E-state index in [2.05, 4.69) is 12.0 Å². The zero-order valence-electron chi connectivity index (χ0n) is 16.9. The van der Waals surface area contributed by atoms with Crippen molar-refractivity contribution in [3.8, 4) is 11.1 Å². The number of aromatic nitrogens is 2. The van der Waals surface area contributed by atoms with E-state index in [1.165, 1.54) is 5.56 Å². The van der Waals surface area contributed by atoms with Gasteiger partial charge in [-0.2, -0.15) is 5.10 Å². The molecule has 2 amide bonds. The van der Waals surface area contributed by atoms with Gasteiger partial charge in [-0.15, -0.1) is 0 Å². The molecule has 0 bridgehead atoms. The number of rotatable bonds is 5. The van der Waals surface area contributed by atoms with Crippen LogP contribution in [0.25, 0.3) is 16.6 Å². The van der Waals surface area contributed by atoms with Crippen molar-refractivity contribution in [2.24, 2.45) is 5.73 Å². The van der Waals surface area contributed by atoms with Crippen molar-refractivity contribution in [1.29, 1.82) is 0 Å². The lowest BCUT2D eigenvalue weighted by molar-refractivity contribution is 0.0988. The van der Waals surface area contributed by atoms with Crippen molar-refractivity contribution in [3.63, 3.8) is 0 Å². The van der Waals surface area contributed by atoms with Gasteiger partial charge >= 0.3 is 0 Å². The molecular formula is C24H22N4O2. The molecule has 0 fully saturated rings. The largest absolute Gasteiger partial charge is 0.366 e. The number of aryl methyl sites for hydroxylation is 1. The number of hydrogen-bond acceptors (Lipinski definition) is 3. The fourth-order valence-electron chi connectivity index (χ4n) is 3.41. The minimum Gasteiger partial charge on any atom is -0.366 e. The average molecular weight is 398 g/mol. The first-order valence-corrected chi connectivity index (χ1v) is 9.72. The van der Waals surface area contributed by atoms with Gasteiger partial charge in [0.25, 0.3) is 5.91 Å². The summed E-state index contributed by atoms with van der Waals surface area (Å²) in [5.41, 5.74) is 11.1. The third-order valence-corrected chi connectivity index (χ3v) is 5.29. The third kappa shape index (κ3) is 3.55. The van der Waals surface area contributed by atoms with E-state index in [4.69, 9.17) is 5.73 Å². The second-order valence-electron chi connectivity index (χ2n) is 7.13. The Kier molecular flexibility index (Phi) is 5.06. The van der Waals surface area contributed by atoms with Crippen LogP contribution in [0, 0.1) is 0 Å². The highest BCUT2D eigenvalue weighted by Crippen LogP contribution is 2.28. The number of primary amides is 1. The Hall–Kier alpha value is -3.93. The van der Waals surface area contributed by atoms with Gasteiger partial charge in [-0.25, -0.2) is 4.52 Å². The highest BCUT2D eigenvalue weighted by Gasteiger charge is 2.16. The SMILES string of the molecule is CCc1ccc(C(=O)N(C)c2ccn3ncc(-c4ccc(C(N)=O)cc4)c3c2)cc1. The molecule has 0 atom stereocenters. The van der Waals surface area contributed by atoms with Gasteiger partial charge in [0.15, 0.2) is 0 Å². The van der Waals surface area contributed by atoms with Crippen molar-refractivity contribution in [2.45, 2.75) is 13.3 Å². The molecule has 4 aromatic rings. The van der Waals surface area contributed by atoms with Crippen LogP contribution in [-0.2, 0) is 6.42 Å². The van der Waals surface area contributed by atoms with E-state index >= 15 is 0 Å². The molecule has 0 saturated carbocycles. The van der Waals surface area contributed by atoms with Crippen LogP contribution in [0.15, 0.2) is 73.1 Å². The summed E-state index contributed by atoms with van der Waals surface area (Å²) in [4.78, 5) is 25.9. The lowest BCUT2D eigenvalue weighted by Crippen LogP contribution is -2.26. The molecule has 0 aliphatic heterocycles. The van der Waals surface area contributed by atoms with E-state index < -0.39 is 5.91 Å². The first kappa shape index (κ1) is 19.4. The Morgan fingerprint density at radius 1 is 1.00 bits per heavy atom. The molecule has 30 heavy (non-hydrogen) atoms. The van der Waals surface area contributed by atoms with E-state index in [0.29, 0.717) is 11.1 Å². The predicted octanol–water partition coefficient (Wildman–Crippen LogP) is 3.94. The van der Waals surface area contributed by atoms with Crippen LogP contribution < -0.4 is 10.6 Å². The summed E-state index contributed by atoms with van der Waals surface area (Å²) in [5, 5.41) is 4.40.